The Balaban J connectivity index is 1.74. The largest absolute Gasteiger partial charge is 0.424 e. The molecule has 1 fully saturated rings. The van der Waals surface area contributed by atoms with Crippen LogP contribution in [-0.4, -0.2) is 43.1 Å². The van der Waals surface area contributed by atoms with Crippen molar-refractivity contribution in [3.63, 3.8) is 0 Å². The molecule has 20 heavy (non-hydrogen) atoms. The van der Waals surface area contributed by atoms with Gasteiger partial charge in [0, 0.05) is 19.1 Å². The van der Waals surface area contributed by atoms with Crippen molar-refractivity contribution in [2.75, 3.05) is 24.7 Å². The Morgan fingerprint density at radius 3 is 2.95 bits per heavy atom. The summed E-state index contributed by atoms with van der Waals surface area (Å²) in [5.41, 5.74) is 1.52. The molecule has 2 aromatic rings. The van der Waals surface area contributed by atoms with Gasteiger partial charge in [-0.05, 0) is 25.0 Å². The van der Waals surface area contributed by atoms with Crippen LogP contribution in [0.25, 0.3) is 11.1 Å². The highest BCUT2D eigenvalue weighted by Gasteiger charge is 2.26. The van der Waals surface area contributed by atoms with E-state index in [1.807, 2.05) is 24.3 Å². The number of hydrogen-bond donors (Lipinski definition) is 1. The standard InChI is InChI=1S/C13H17N3O3S/c1-20(17,18)16-8-4-5-10(9-16)14-13-15-11-6-2-3-7-12(11)19-13/h2-3,6-7,10H,4-5,8-9H2,1H3,(H,14,15)/t10-/m0/s1. The normalized spacial score (nSPS) is 21.1. The fourth-order valence-corrected chi connectivity index (χ4v) is 3.38. The average molecular weight is 295 g/mol. The van der Waals surface area contributed by atoms with Crippen LogP contribution < -0.4 is 5.32 Å². The van der Waals surface area contributed by atoms with Crippen LogP contribution >= 0.6 is 0 Å². The minimum Gasteiger partial charge on any atom is -0.424 e. The minimum absolute atomic E-state index is 0.0338. The number of hydrogen-bond acceptors (Lipinski definition) is 5. The summed E-state index contributed by atoms with van der Waals surface area (Å²) in [5, 5.41) is 3.19. The second-order valence-electron chi connectivity index (χ2n) is 5.09. The Bertz CT molecular complexity index is 677. The summed E-state index contributed by atoms with van der Waals surface area (Å²) in [7, 11) is -3.13. The molecule has 1 aromatic carbocycles. The second kappa shape index (κ2) is 5.06. The molecule has 0 aliphatic carbocycles. The molecule has 6 nitrogen and oxygen atoms in total. The van der Waals surface area contributed by atoms with Crippen LogP contribution in [0.15, 0.2) is 28.7 Å². The summed E-state index contributed by atoms with van der Waals surface area (Å²) in [5.74, 6) is 0. The first-order valence-corrected chi connectivity index (χ1v) is 8.44. The van der Waals surface area contributed by atoms with E-state index in [4.69, 9.17) is 4.42 Å². The summed E-state index contributed by atoms with van der Waals surface area (Å²) in [6.45, 7) is 1.04. The highest BCUT2D eigenvalue weighted by atomic mass is 32.2. The third-order valence-corrected chi connectivity index (χ3v) is 4.74. The van der Waals surface area contributed by atoms with E-state index in [1.54, 1.807) is 0 Å². The molecule has 0 unspecified atom stereocenters. The van der Waals surface area contributed by atoms with Gasteiger partial charge in [0.1, 0.15) is 5.52 Å². The van der Waals surface area contributed by atoms with Crippen molar-refractivity contribution < 1.29 is 12.8 Å². The van der Waals surface area contributed by atoms with Crippen molar-refractivity contribution in [3.8, 4) is 0 Å². The number of benzene rings is 1. The number of para-hydroxylation sites is 2. The molecule has 0 spiro atoms. The molecule has 0 radical (unpaired) electrons. The lowest BCUT2D eigenvalue weighted by atomic mass is 10.1. The van der Waals surface area contributed by atoms with Crippen molar-refractivity contribution >= 4 is 27.1 Å². The lowest BCUT2D eigenvalue weighted by Gasteiger charge is -2.30. The fraction of sp³-hybridized carbons (Fsp3) is 0.462. The van der Waals surface area contributed by atoms with Crippen LogP contribution in [0, 0.1) is 0 Å². The van der Waals surface area contributed by atoms with E-state index in [-0.39, 0.29) is 6.04 Å². The maximum absolute atomic E-state index is 11.6. The lowest BCUT2D eigenvalue weighted by Crippen LogP contribution is -2.44. The van der Waals surface area contributed by atoms with Crippen molar-refractivity contribution in [1.29, 1.82) is 0 Å². The van der Waals surface area contributed by atoms with Gasteiger partial charge in [0.25, 0.3) is 6.01 Å². The molecular weight excluding hydrogens is 278 g/mol. The molecule has 1 aliphatic rings. The first-order valence-electron chi connectivity index (χ1n) is 6.59. The van der Waals surface area contributed by atoms with Gasteiger partial charge >= 0.3 is 0 Å². The smallest absolute Gasteiger partial charge is 0.295 e. The number of rotatable bonds is 3. The van der Waals surface area contributed by atoms with Crippen molar-refractivity contribution in [3.05, 3.63) is 24.3 Å². The average Bonchev–Trinajstić information content (AvgIpc) is 2.80. The number of anilines is 1. The molecule has 1 saturated heterocycles. The van der Waals surface area contributed by atoms with Gasteiger partial charge in [-0.1, -0.05) is 12.1 Å². The predicted octanol–water partition coefficient (Wildman–Crippen LogP) is 1.66. The highest BCUT2D eigenvalue weighted by Crippen LogP contribution is 2.21. The van der Waals surface area contributed by atoms with Crippen LogP contribution in [-0.2, 0) is 10.0 Å². The van der Waals surface area contributed by atoms with E-state index in [2.05, 4.69) is 10.3 Å². The first kappa shape index (κ1) is 13.4. The van der Waals surface area contributed by atoms with Crippen LogP contribution in [0.2, 0.25) is 0 Å². The molecule has 2 heterocycles. The molecular formula is C13H17N3O3S. The van der Waals surface area contributed by atoms with Crippen molar-refractivity contribution in [2.45, 2.75) is 18.9 Å². The van der Waals surface area contributed by atoms with E-state index in [1.165, 1.54) is 10.6 Å². The molecule has 0 amide bonds. The van der Waals surface area contributed by atoms with E-state index in [0.29, 0.717) is 19.1 Å². The zero-order valence-electron chi connectivity index (χ0n) is 11.2. The summed E-state index contributed by atoms with van der Waals surface area (Å²) in [6, 6.07) is 8.02. The molecule has 3 rings (SSSR count). The Morgan fingerprint density at radius 1 is 1.40 bits per heavy atom. The minimum atomic E-state index is -3.13. The summed E-state index contributed by atoms with van der Waals surface area (Å²) < 4.78 is 30.3. The number of nitrogens with zero attached hydrogens (tertiary/aromatic N) is 2. The van der Waals surface area contributed by atoms with Crippen LogP contribution in [0.5, 0.6) is 0 Å². The summed E-state index contributed by atoms with van der Waals surface area (Å²) in [6.07, 6.45) is 2.99. The van der Waals surface area contributed by atoms with E-state index in [9.17, 15) is 8.42 Å². The van der Waals surface area contributed by atoms with Crippen LogP contribution in [0.3, 0.4) is 0 Å². The summed E-state index contributed by atoms with van der Waals surface area (Å²) >= 11 is 0. The van der Waals surface area contributed by atoms with Gasteiger partial charge in [-0.3, -0.25) is 0 Å². The third kappa shape index (κ3) is 2.78. The Labute approximate surface area is 117 Å². The van der Waals surface area contributed by atoms with Gasteiger partial charge in [-0.25, -0.2) is 12.7 Å². The zero-order valence-corrected chi connectivity index (χ0v) is 12.1. The fourth-order valence-electron chi connectivity index (χ4n) is 2.47. The number of piperidine rings is 1. The second-order valence-corrected chi connectivity index (χ2v) is 7.07. The molecule has 108 valence electrons. The quantitative estimate of drug-likeness (QED) is 0.932. The molecule has 1 atom stereocenters. The number of sulfonamides is 1. The van der Waals surface area contributed by atoms with Gasteiger partial charge in [0.2, 0.25) is 10.0 Å². The molecule has 1 aromatic heterocycles. The van der Waals surface area contributed by atoms with E-state index < -0.39 is 10.0 Å². The van der Waals surface area contributed by atoms with Gasteiger partial charge in [-0.2, -0.15) is 4.98 Å². The van der Waals surface area contributed by atoms with Gasteiger partial charge < -0.3 is 9.73 Å². The van der Waals surface area contributed by atoms with Crippen molar-refractivity contribution in [1.82, 2.24) is 9.29 Å². The monoisotopic (exact) mass is 295 g/mol. The summed E-state index contributed by atoms with van der Waals surface area (Å²) in [4.78, 5) is 4.35. The highest BCUT2D eigenvalue weighted by molar-refractivity contribution is 7.88. The van der Waals surface area contributed by atoms with E-state index >= 15 is 0 Å². The number of nitrogens with one attached hydrogen (secondary N) is 1. The van der Waals surface area contributed by atoms with Gasteiger partial charge in [0.05, 0.1) is 6.26 Å². The molecule has 7 heteroatoms. The van der Waals surface area contributed by atoms with Gasteiger partial charge in [-0.15, -0.1) is 0 Å². The topological polar surface area (TPSA) is 75.4 Å². The van der Waals surface area contributed by atoms with E-state index in [0.717, 1.165) is 23.9 Å². The Kier molecular flexibility index (Phi) is 3.39. The zero-order chi connectivity index (χ0) is 14.2. The first-order chi connectivity index (χ1) is 9.52. The van der Waals surface area contributed by atoms with Crippen molar-refractivity contribution in [2.24, 2.45) is 0 Å². The molecule has 1 N–H and O–H groups in total. The van der Waals surface area contributed by atoms with Crippen LogP contribution in [0.1, 0.15) is 12.8 Å². The molecule has 1 aliphatic heterocycles. The number of oxazole rings is 1. The predicted molar refractivity (Wildman–Crippen MR) is 77.1 cm³/mol. The molecule has 0 bridgehead atoms. The third-order valence-electron chi connectivity index (χ3n) is 3.47. The van der Waals surface area contributed by atoms with Gasteiger partial charge in [0.15, 0.2) is 5.58 Å². The lowest BCUT2D eigenvalue weighted by molar-refractivity contribution is 0.326. The van der Waals surface area contributed by atoms with Crippen LogP contribution in [0.4, 0.5) is 6.01 Å². The maximum atomic E-state index is 11.6. The SMILES string of the molecule is CS(=O)(=O)N1CCC[C@H](Nc2nc3ccccc3o2)C1. The number of aromatic nitrogens is 1. The molecule has 0 saturated carbocycles. The maximum Gasteiger partial charge on any atom is 0.295 e. The number of fused-ring (bicyclic) bond motifs is 1. The Hall–Kier alpha value is -1.60. The Morgan fingerprint density at radius 2 is 2.20 bits per heavy atom.